The molecule has 0 spiro atoms. The van der Waals surface area contributed by atoms with Gasteiger partial charge in [0, 0.05) is 24.0 Å². The molecule has 0 saturated carbocycles. The third-order valence-electron chi connectivity index (χ3n) is 3.28. The maximum Gasteiger partial charge on any atom is 0.0947 e. The van der Waals surface area contributed by atoms with Gasteiger partial charge in [0.05, 0.1) is 27.4 Å². The molecule has 4 nitrogen and oxygen atoms in total. The van der Waals surface area contributed by atoms with Gasteiger partial charge in [-0.1, -0.05) is 13.8 Å². The minimum absolute atomic E-state index is 0.249. The van der Waals surface area contributed by atoms with Crippen LogP contribution in [0.5, 0.6) is 0 Å². The van der Waals surface area contributed by atoms with Crippen LogP contribution in [-0.2, 0) is 13.0 Å². The average Bonchev–Trinajstić information content (AvgIpc) is 3.02. The third kappa shape index (κ3) is 4.37. The molecule has 2 heterocycles. The van der Waals surface area contributed by atoms with E-state index < -0.39 is 0 Å². The number of nitrogens with zero attached hydrogens (tertiary/aromatic N) is 3. The van der Waals surface area contributed by atoms with Crippen LogP contribution in [0.4, 0.5) is 0 Å². The van der Waals surface area contributed by atoms with E-state index in [9.17, 15) is 0 Å². The van der Waals surface area contributed by atoms with Gasteiger partial charge >= 0.3 is 0 Å². The molecule has 0 fully saturated rings. The molecule has 21 heavy (non-hydrogen) atoms. The minimum atomic E-state index is 0.249. The Kier molecular flexibility index (Phi) is 6.39. The molecule has 2 aromatic rings. The number of hydrogen-bond acceptors (Lipinski definition) is 4. The molecule has 0 radical (unpaired) electrons. The van der Waals surface area contributed by atoms with Crippen LogP contribution in [0.1, 0.15) is 49.1 Å². The first-order chi connectivity index (χ1) is 10.2. The first-order valence-electron chi connectivity index (χ1n) is 7.51. The van der Waals surface area contributed by atoms with Gasteiger partial charge in [-0.2, -0.15) is 5.10 Å². The van der Waals surface area contributed by atoms with Gasteiger partial charge in [-0.05, 0) is 42.2 Å². The predicted molar refractivity (Wildman–Crippen MR) is 91.8 cm³/mol. The Bertz CT molecular complexity index is 564. The van der Waals surface area contributed by atoms with Crippen LogP contribution in [0.3, 0.4) is 0 Å². The quantitative estimate of drug-likeness (QED) is 0.760. The van der Waals surface area contributed by atoms with Crippen molar-refractivity contribution in [3.05, 3.63) is 32.4 Å². The number of nitrogens with one attached hydrogen (secondary N) is 1. The number of hydrogen-bond donors (Lipinski definition) is 1. The minimum Gasteiger partial charge on any atom is -0.308 e. The molecule has 0 bridgehead atoms. The highest BCUT2D eigenvalue weighted by Crippen LogP contribution is 2.27. The lowest BCUT2D eigenvalue weighted by molar-refractivity contribution is 0.466. The lowest BCUT2D eigenvalue weighted by atomic mass is 10.1. The summed E-state index contributed by atoms with van der Waals surface area (Å²) in [7, 11) is 0. The smallest absolute Gasteiger partial charge is 0.0947 e. The fourth-order valence-electron chi connectivity index (χ4n) is 2.36. The Morgan fingerprint density at radius 1 is 1.38 bits per heavy atom. The normalized spacial score (nSPS) is 12.8. The molecule has 0 amide bonds. The Morgan fingerprint density at radius 2 is 2.19 bits per heavy atom. The highest BCUT2D eigenvalue weighted by atomic mass is 79.9. The van der Waals surface area contributed by atoms with E-state index in [2.05, 4.69) is 55.2 Å². The number of thiazole rings is 1. The van der Waals surface area contributed by atoms with Gasteiger partial charge < -0.3 is 5.32 Å². The van der Waals surface area contributed by atoms with Crippen molar-refractivity contribution in [2.24, 2.45) is 0 Å². The first kappa shape index (κ1) is 16.6. The fourth-order valence-corrected chi connectivity index (χ4v) is 3.75. The third-order valence-corrected chi connectivity index (χ3v) is 4.88. The first-order valence-corrected chi connectivity index (χ1v) is 9.18. The highest BCUT2D eigenvalue weighted by Gasteiger charge is 2.21. The second kappa shape index (κ2) is 8.06. The zero-order chi connectivity index (χ0) is 15.2. The standard InChI is InChI=1S/C15H23BrN4S/c1-4-6-17-13(8-14-19-11(3)10-21-14)15-12(16)9-18-20(15)7-5-2/h9-10,13,17H,4-8H2,1-3H3. The number of aryl methyl sites for hydroxylation is 2. The van der Waals surface area contributed by atoms with Gasteiger partial charge in [-0.25, -0.2) is 4.98 Å². The van der Waals surface area contributed by atoms with E-state index in [1.165, 1.54) is 10.7 Å². The molecule has 0 aromatic carbocycles. The van der Waals surface area contributed by atoms with Gasteiger partial charge in [0.15, 0.2) is 0 Å². The van der Waals surface area contributed by atoms with E-state index in [0.29, 0.717) is 0 Å². The van der Waals surface area contributed by atoms with Crippen LogP contribution in [0.25, 0.3) is 0 Å². The van der Waals surface area contributed by atoms with Gasteiger partial charge in [0.25, 0.3) is 0 Å². The molecule has 1 atom stereocenters. The van der Waals surface area contributed by atoms with E-state index in [0.717, 1.165) is 42.5 Å². The van der Waals surface area contributed by atoms with Gasteiger partial charge in [-0.15, -0.1) is 11.3 Å². The molecule has 0 aliphatic carbocycles. The van der Waals surface area contributed by atoms with Crippen LogP contribution in [-0.4, -0.2) is 21.3 Å². The Labute approximate surface area is 139 Å². The van der Waals surface area contributed by atoms with E-state index in [4.69, 9.17) is 0 Å². The lowest BCUT2D eigenvalue weighted by Crippen LogP contribution is -2.27. The van der Waals surface area contributed by atoms with Crippen molar-refractivity contribution >= 4 is 27.3 Å². The summed E-state index contributed by atoms with van der Waals surface area (Å²) in [6, 6.07) is 0.249. The van der Waals surface area contributed by atoms with Crippen molar-refractivity contribution in [3.63, 3.8) is 0 Å². The van der Waals surface area contributed by atoms with Crippen molar-refractivity contribution in [2.45, 2.75) is 52.6 Å². The van der Waals surface area contributed by atoms with Crippen molar-refractivity contribution in [1.29, 1.82) is 0 Å². The SMILES string of the molecule is CCCNC(Cc1nc(C)cs1)c1c(Br)cnn1CCC. The molecule has 0 saturated heterocycles. The maximum absolute atomic E-state index is 4.61. The monoisotopic (exact) mass is 370 g/mol. The Hall–Kier alpha value is -0.720. The molecule has 1 unspecified atom stereocenters. The van der Waals surface area contributed by atoms with E-state index in [1.54, 1.807) is 11.3 Å². The van der Waals surface area contributed by atoms with Crippen molar-refractivity contribution in [1.82, 2.24) is 20.1 Å². The second-order valence-electron chi connectivity index (χ2n) is 5.19. The summed E-state index contributed by atoms with van der Waals surface area (Å²) in [5.41, 5.74) is 2.34. The zero-order valence-electron chi connectivity index (χ0n) is 12.9. The van der Waals surface area contributed by atoms with Gasteiger partial charge in [0.2, 0.25) is 0 Å². The largest absolute Gasteiger partial charge is 0.308 e. The van der Waals surface area contributed by atoms with Crippen LogP contribution >= 0.6 is 27.3 Å². The molecule has 1 N–H and O–H groups in total. The highest BCUT2D eigenvalue weighted by molar-refractivity contribution is 9.10. The second-order valence-corrected chi connectivity index (χ2v) is 6.99. The van der Waals surface area contributed by atoms with Crippen molar-refractivity contribution in [2.75, 3.05) is 6.54 Å². The predicted octanol–water partition coefficient (Wildman–Crippen LogP) is 4.10. The van der Waals surface area contributed by atoms with Gasteiger partial charge in [-0.3, -0.25) is 4.68 Å². The molecular weight excluding hydrogens is 348 g/mol. The summed E-state index contributed by atoms with van der Waals surface area (Å²) in [5, 5.41) is 11.4. The topological polar surface area (TPSA) is 42.7 Å². The molecular formula is C15H23BrN4S. The summed E-state index contributed by atoms with van der Waals surface area (Å²) in [4.78, 5) is 4.61. The summed E-state index contributed by atoms with van der Waals surface area (Å²) in [6.45, 7) is 8.36. The van der Waals surface area contributed by atoms with Crippen molar-refractivity contribution in [3.8, 4) is 0 Å². The fraction of sp³-hybridized carbons (Fsp3) is 0.600. The Balaban J connectivity index is 2.24. The summed E-state index contributed by atoms with van der Waals surface area (Å²) >= 11 is 5.40. The van der Waals surface area contributed by atoms with E-state index in [1.807, 2.05) is 13.1 Å². The molecule has 6 heteroatoms. The Morgan fingerprint density at radius 3 is 2.81 bits per heavy atom. The molecule has 2 rings (SSSR count). The molecule has 116 valence electrons. The van der Waals surface area contributed by atoms with Crippen LogP contribution in [0.2, 0.25) is 0 Å². The van der Waals surface area contributed by atoms with E-state index in [-0.39, 0.29) is 6.04 Å². The zero-order valence-corrected chi connectivity index (χ0v) is 15.3. The van der Waals surface area contributed by atoms with E-state index >= 15 is 0 Å². The van der Waals surface area contributed by atoms with Crippen LogP contribution < -0.4 is 5.32 Å². The molecule has 0 aliphatic heterocycles. The molecule has 2 aromatic heterocycles. The average molecular weight is 371 g/mol. The van der Waals surface area contributed by atoms with Crippen molar-refractivity contribution < 1.29 is 0 Å². The summed E-state index contributed by atoms with van der Waals surface area (Å²) in [6.07, 6.45) is 5.01. The lowest BCUT2D eigenvalue weighted by Gasteiger charge is -2.20. The number of halogens is 1. The molecule has 0 aliphatic rings. The number of aromatic nitrogens is 3. The maximum atomic E-state index is 4.61. The summed E-state index contributed by atoms with van der Waals surface area (Å²) in [5.74, 6) is 0. The van der Waals surface area contributed by atoms with Crippen LogP contribution in [0, 0.1) is 6.92 Å². The summed E-state index contributed by atoms with van der Waals surface area (Å²) < 4.78 is 3.19. The van der Waals surface area contributed by atoms with Crippen LogP contribution in [0.15, 0.2) is 16.0 Å². The number of rotatable bonds is 8. The van der Waals surface area contributed by atoms with Gasteiger partial charge in [0.1, 0.15) is 0 Å².